The molecule has 0 aliphatic heterocycles. The molecule has 0 radical (unpaired) electrons. The number of anilines is 1. The topological polar surface area (TPSA) is 111 Å². The molecular weight excluding hydrogens is 344 g/mol. The lowest BCUT2D eigenvalue weighted by Crippen LogP contribution is -2.29. The lowest BCUT2D eigenvalue weighted by molar-refractivity contribution is 0.100. The van der Waals surface area contributed by atoms with E-state index >= 15 is 0 Å². The summed E-state index contributed by atoms with van der Waals surface area (Å²) < 4.78 is 31.8. The van der Waals surface area contributed by atoms with Gasteiger partial charge in [0.25, 0.3) is 15.9 Å². The molecule has 0 aliphatic rings. The third kappa shape index (κ3) is 2.99. The maximum absolute atomic E-state index is 12.9. The van der Waals surface area contributed by atoms with Gasteiger partial charge in [-0.15, -0.1) is 0 Å². The maximum atomic E-state index is 12.9. The Morgan fingerprint density at radius 3 is 2.52 bits per heavy atom. The number of hydrogen-bond donors (Lipinski definition) is 1. The van der Waals surface area contributed by atoms with E-state index in [0.717, 1.165) is 4.31 Å². The summed E-state index contributed by atoms with van der Waals surface area (Å²) in [6, 6.07) is 13.0. The number of carbonyl (C=O) groups excluding carboxylic acids is 1. The third-order valence-corrected chi connectivity index (χ3v) is 5.53. The molecule has 8 heteroatoms. The first-order valence-corrected chi connectivity index (χ1v) is 8.66. The Morgan fingerprint density at radius 2 is 1.80 bits per heavy atom. The van der Waals surface area contributed by atoms with Gasteiger partial charge in [-0.3, -0.25) is 9.10 Å². The van der Waals surface area contributed by atoms with Gasteiger partial charge in [0.05, 0.1) is 16.1 Å². The van der Waals surface area contributed by atoms with Crippen molar-refractivity contribution in [2.24, 2.45) is 5.73 Å². The molecular formula is C17H14N2O5S. The molecule has 25 heavy (non-hydrogen) atoms. The molecule has 1 aromatic heterocycles. The number of primary amides is 1. The van der Waals surface area contributed by atoms with Crippen LogP contribution in [0.15, 0.2) is 68.7 Å². The van der Waals surface area contributed by atoms with Gasteiger partial charge in [0.1, 0.15) is 5.58 Å². The number of sulfonamides is 1. The predicted molar refractivity (Wildman–Crippen MR) is 93.0 cm³/mol. The van der Waals surface area contributed by atoms with Crippen LogP contribution in [0.3, 0.4) is 0 Å². The Kier molecular flexibility index (Phi) is 4.05. The van der Waals surface area contributed by atoms with Crippen LogP contribution in [0.4, 0.5) is 5.69 Å². The maximum Gasteiger partial charge on any atom is 0.336 e. The van der Waals surface area contributed by atoms with Crippen LogP contribution >= 0.6 is 0 Å². The van der Waals surface area contributed by atoms with Crippen LogP contribution in [0.25, 0.3) is 11.0 Å². The highest BCUT2D eigenvalue weighted by Crippen LogP contribution is 2.27. The van der Waals surface area contributed by atoms with Crippen LogP contribution in [0, 0.1) is 0 Å². The second kappa shape index (κ2) is 6.06. The average Bonchev–Trinajstić information content (AvgIpc) is 2.60. The van der Waals surface area contributed by atoms with Gasteiger partial charge in [0.2, 0.25) is 0 Å². The summed E-state index contributed by atoms with van der Waals surface area (Å²) in [5.41, 5.74) is 5.36. The molecule has 0 bridgehead atoms. The first kappa shape index (κ1) is 16.7. The summed E-state index contributed by atoms with van der Waals surface area (Å²) in [7, 11) is -2.60. The van der Waals surface area contributed by atoms with Crippen molar-refractivity contribution in [3.63, 3.8) is 0 Å². The highest BCUT2D eigenvalue weighted by Gasteiger charge is 2.24. The molecule has 0 saturated carbocycles. The predicted octanol–water partition coefficient (Wildman–Crippen LogP) is 1.72. The van der Waals surface area contributed by atoms with Crippen LogP contribution < -0.4 is 15.7 Å². The summed E-state index contributed by atoms with van der Waals surface area (Å²) >= 11 is 0. The van der Waals surface area contributed by atoms with Gasteiger partial charge in [0.15, 0.2) is 0 Å². The van der Waals surface area contributed by atoms with Crippen molar-refractivity contribution in [1.29, 1.82) is 0 Å². The lowest BCUT2D eigenvalue weighted by atomic mass is 10.2. The monoisotopic (exact) mass is 358 g/mol. The Bertz CT molecular complexity index is 1130. The minimum atomic E-state index is -3.94. The van der Waals surface area contributed by atoms with E-state index in [9.17, 15) is 18.0 Å². The summed E-state index contributed by atoms with van der Waals surface area (Å²) in [6.45, 7) is 0. The molecule has 3 rings (SSSR count). The van der Waals surface area contributed by atoms with E-state index in [-0.39, 0.29) is 21.7 Å². The standard InChI is InChI=1S/C17H14N2O5S/c1-19(14-5-3-2-4-13(14)17(18)21)25(22,23)12-7-8-15-11(10-12)6-9-16(20)24-15/h2-10H,1H3,(H2,18,21). The molecule has 0 unspecified atom stereocenters. The molecule has 0 atom stereocenters. The van der Waals surface area contributed by atoms with E-state index in [1.165, 1.54) is 49.5 Å². The van der Waals surface area contributed by atoms with Crippen LogP contribution in [0.1, 0.15) is 10.4 Å². The lowest BCUT2D eigenvalue weighted by Gasteiger charge is -2.21. The number of benzene rings is 2. The second-order valence-electron chi connectivity index (χ2n) is 5.31. The van der Waals surface area contributed by atoms with Crippen LogP contribution in [0.5, 0.6) is 0 Å². The number of para-hydroxylation sites is 1. The number of nitrogens with two attached hydrogens (primary N) is 1. The van der Waals surface area contributed by atoms with Crippen molar-refractivity contribution in [2.45, 2.75) is 4.90 Å². The molecule has 3 aromatic rings. The second-order valence-corrected chi connectivity index (χ2v) is 7.28. The van der Waals surface area contributed by atoms with E-state index in [1.807, 2.05) is 0 Å². The van der Waals surface area contributed by atoms with Gasteiger partial charge in [-0.05, 0) is 36.4 Å². The minimum Gasteiger partial charge on any atom is -0.423 e. The zero-order chi connectivity index (χ0) is 18.2. The number of fused-ring (bicyclic) bond motifs is 1. The van der Waals surface area contributed by atoms with Gasteiger partial charge in [-0.25, -0.2) is 13.2 Å². The van der Waals surface area contributed by atoms with Crippen molar-refractivity contribution < 1.29 is 17.6 Å². The summed E-state index contributed by atoms with van der Waals surface area (Å²) in [5, 5.41) is 0.470. The van der Waals surface area contributed by atoms with Crippen molar-refractivity contribution in [2.75, 3.05) is 11.4 Å². The fourth-order valence-electron chi connectivity index (χ4n) is 2.45. The zero-order valence-corrected chi connectivity index (χ0v) is 14.0. The molecule has 2 N–H and O–H groups in total. The van der Waals surface area contributed by atoms with Gasteiger partial charge >= 0.3 is 5.63 Å². The van der Waals surface area contributed by atoms with E-state index in [1.54, 1.807) is 12.1 Å². The number of hydrogen-bond acceptors (Lipinski definition) is 5. The SMILES string of the molecule is CN(c1ccccc1C(N)=O)S(=O)(=O)c1ccc2oc(=O)ccc2c1. The molecule has 0 spiro atoms. The zero-order valence-electron chi connectivity index (χ0n) is 13.2. The average molecular weight is 358 g/mol. The Hall–Kier alpha value is -3.13. The molecule has 2 aromatic carbocycles. The van der Waals surface area contributed by atoms with Crippen molar-refractivity contribution in [3.05, 3.63) is 70.6 Å². The molecule has 128 valence electrons. The Balaban J connectivity index is 2.12. The van der Waals surface area contributed by atoms with E-state index in [4.69, 9.17) is 10.2 Å². The molecule has 0 aliphatic carbocycles. The molecule has 0 fully saturated rings. The number of nitrogens with zero attached hydrogens (tertiary/aromatic N) is 1. The van der Waals surface area contributed by atoms with Crippen molar-refractivity contribution in [1.82, 2.24) is 0 Å². The van der Waals surface area contributed by atoms with Crippen molar-refractivity contribution >= 4 is 32.6 Å². The third-order valence-electron chi connectivity index (χ3n) is 3.76. The minimum absolute atomic E-state index is 0.00405. The molecule has 0 saturated heterocycles. The summed E-state index contributed by atoms with van der Waals surface area (Å²) in [6.07, 6.45) is 0. The van der Waals surface area contributed by atoms with Gasteiger partial charge in [-0.2, -0.15) is 0 Å². The van der Waals surface area contributed by atoms with E-state index in [2.05, 4.69) is 0 Å². The van der Waals surface area contributed by atoms with Crippen LogP contribution in [-0.2, 0) is 10.0 Å². The van der Waals surface area contributed by atoms with Gasteiger partial charge in [-0.1, -0.05) is 12.1 Å². The summed E-state index contributed by atoms with van der Waals surface area (Å²) in [5.74, 6) is -0.724. The van der Waals surface area contributed by atoms with Gasteiger partial charge < -0.3 is 10.2 Å². The molecule has 1 heterocycles. The van der Waals surface area contributed by atoms with Gasteiger partial charge in [0, 0.05) is 18.5 Å². The van der Waals surface area contributed by atoms with E-state index < -0.39 is 21.6 Å². The highest BCUT2D eigenvalue weighted by molar-refractivity contribution is 7.92. The highest BCUT2D eigenvalue weighted by atomic mass is 32.2. The largest absolute Gasteiger partial charge is 0.423 e. The summed E-state index contributed by atoms with van der Waals surface area (Å²) in [4.78, 5) is 22.8. The fraction of sp³-hybridized carbons (Fsp3) is 0.0588. The normalized spacial score (nSPS) is 11.4. The van der Waals surface area contributed by atoms with Crippen molar-refractivity contribution in [3.8, 4) is 0 Å². The number of amides is 1. The smallest absolute Gasteiger partial charge is 0.336 e. The first-order valence-electron chi connectivity index (χ1n) is 7.22. The number of carbonyl (C=O) groups is 1. The first-order chi connectivity index (χ1) is 11.8. The Morgan fingerprint density at radius 1 is 1.08 bits per heavy atom. The quantitative estimate of drug-likeness (QED) is 0.714. The van der Waals surface area contributed by atoms with E-state index in [0.29, 0.717) is 5.39 Å². The van der Waals surface area contributed by atoms with Crippen LogP contribution in [-0.4, -0.2) is 21.4 Å². The Labute approximate surface area is 143 Å². The molecule has 1 amide bonds. The number of rotatable bonds is 4. The fourth-order valence-corrected chi connectivity index (χ4v) is 3.70. The van der Waals surface area contributed by atoms with Crippen LogP contribution in [0.2, 0.25) is 0 Å². The molecule has 7 nitrogen and oxygen atoms in total.